The molecule has 2 N–H and O–H groups in total. The summed E-state index contributed by atoms with van der Waals surface area (Å²) in [5.41, 5.74) is 2.20. The maximum atomic E-state index is 9.64. The van der Waals surface area contributed by atoms with Crippen molar-refractivity contribution < 1.29 is 9.52 Å². The summed E-state index contributed by atoms with van der Waals surface area (Å²) in [7, 11) is 0. The highest BCUT2D eigenvalue weighted by molar-refractivity contribution is 5.83. The summed E-state index contributed by atoms with van der Waals surface area (Å²) in [4.78, 5) is 0. The Morgan fingerprint density at radius 3 is 3.05 bits per heavy atom. The number of rotatable bonds is 2. The number of benzene rings is 1. The third kappa shape index (κ3) is 2.12. The lowest BCUT2D eigenvalue weighted by Crippen LogP contribution is -2.31. The van der Waals surface area contributed by atoms with Crippen LogP contribution in [0.2, 0.25) is 0 Å². The van der Waals surface area contributed by atoms with Crippen molar-refractivity contribution in [1.29, 1.82) is 0 Å². The predicted molar refractivity (Wildman–Crippen MR) is 74.4 cm³/mol. The zero-order valence-electron chi connectivity index (χ0n) is 11.0. The maximum Gasteiger partial charge on any atom is 0.134 e. The van der Waals surface area contributed by atoms with Crippen LogP contribution in [0.15, 0.2) is 22.6 Å². The van der Waals surface area contributed by atoms with Crippen LogP contribution in [0.1, 0.15) is 30.6 Å². The number of aromatic hydroxyl groups is 1. The normalized spacial score (nSPS) is 23.3. The Hall–Kier alpha value is -1.48. The Bertz CT molecular complexity index is 612. The summed E-state index contributed by atoms with van der Waals surface area (Å²) < 4.78 is 6.01. The lowest BCUT2D eigenvalue weighted by molar-refractivity contribution is 0.435. The second kappa shape index (κ2) is 4.27. The first-order valence-corrected chi connectivity index (χ1v) is 7.26. The van der Waals surface area contributed by atoms with Gasteiger partial charge in [0.25, 0.3) is 0 Å². The molecule has 1 aromatic heterocycles. The molecule has 100 valence electrons. The second-order valence-electron chi connectivity index (χ2n) is 5.97. The van der Waals surface area contributed by atoms with Crippen molar-refractivity contribution in [2.24, 2.45) is 5.92 Å². The van der Waals surface area contributed by atoms with Crippen LogP contribution in [0.4, 0.5) is 0 Å². The molecular weight excluding hydrogens is 238 g/mol. The van der Waals surface area contributed by atoms with Gasteiger partial charge in [-0.15, -0.1) is 0 Å². The van der Waals surface area contributed by atoms with Crippen LogP contribution in [0.3, 0.4) is 0 Å². The molecule has 1 unspecified atom stereocenters. The van der Waals surface area contributed by atoms with Crippen molar-refractivity contribution in [3.63, 3.8) is 0 Å². The topological polar surface area (TPSA) is 45.4 Å². The van der Waals surface area contributed by atoms with E-state index in [1.54, 1.807) is 6.07 Å². The van der Waals surface area contributed by atoms with Crippen molar-refractivity contribution in [2.45, 2.75) is 38.1 Å². The summed E-state index contributed by atoms with van der Waals surface area (Å²) in [6, 6.07) is 5.97. The fourth-order valence-electron chi connectivity index (χ4n) is 3.25. The van der Waals surface area contributed by atoms with E-state index in [0.717, 1.165) is 42.0 Å². The number of fused-ring (bicyclic) bond motifs is 3. The van der Waals surface area contributed by atoms with Crippen LogP contribution in [0.5, 0.6) is 5.75 Å². The smallest absolute Gasteiger partial charge is 0.134 e. The van der Waals surface area contributed by atoms with E-state index in [0.29, 0.717) is 11.8 Å². The number of phenolic OH excluding ortho intramolecular Hbond substituents is 1. The Morgan fingerprint density at radius 2 is 2.21 bits per heavy atom. The van der Waals surface area contributed by atoms with Gasteiger partial charge >= 0.3 is 0 Å². The molecule has 2 aromatic rings. The molecule has 4 rings (SSSR count). The lowest BCUT2D eigenvalue weighted by atomic mass is 10.0. The van der Waals surface area contributed by atoms with E-state index in [2.05, 4.69) is 5.32 Å². The molecule has 2 heterocycles. The van der Waals surface area contributed by atoms with E-state index in [4.69, 9.17) is 4.42 Å². The van der Waals surface area contributed by atoms with Crippen molar-refractivity contribution in [2.75, 3.05) is 6.54 Å². The minimum Gasteiger partial charge on any atom is -0.508 e. The predicted octanol–water partition coefficient (Wildman–Crippen LogP) is 3.00. The van der Waals surface area contributed by atoms with Gasteiger partial charge in [-0.1, -0.05) is 12.8 Å². The molecule has 0 radical (unpaired) electrons. The third-order valence-corrected chi connectivity index (χ3v) is 4.41. The largest absolute Gasteiger partial charge is 0.508 e. The van der Waals surface area contributed by atoms with Gasteiger partial charge in [0.15, 0.2) is 0 Å². The lowest BCUT2D eigenvalue weighted by Gasteiger charge is -2.14. The summed E-state index contributed by atoms with van der Waals surface area (Å²) in [6.07, 6.45) is 6.06. The first-order chi connectivity index (χ1) is 9.29. The highest BCUT2D eigenvalue weighted by atomic mass is 16.3. The summed E-state index contributed by atoms with van der Waals surface area (Å²) in [6.45, 7) is 1.01. The molecule has 3 heteroatoms. The molecule has 1 saturated carbocycles. The number of furan rings is 1. The quantitative estimate of drug-likeness (QED) is 0.869. The summed E-state index contributed by atoms with van der Waals surface area (Å²) >= 11 is 0. The van der Waals surface area contributed by atoms with Gasteiger partial charge in [-0.25, -0.2) is 0 Å². The highest BCUT2D eigenvalue weighted by Crippen LogP contribution is 2.36. The average Bonchev–Trinajstić information content (AvgIpc) is 3.16. The third-order valence-electron chi connectivity index (χ3n) is 4.41. The van der Waals surface area contributed by atoms with Gasteiger partial charge in [0.1, 0.15) is 17.1 Å². The molecule has 0 bridgehead atoms. The van der Waals surface area contributed by atoms with Crippen LogP contribution in [0, 0.1) is 5.92 Å². The zero-order valence-corrected chi connectivity index (χ0v) is 11.0. The van der Waals surface area contributed by atoms with Crippen LogP contribution in [0.25, 0.3) is 11.0 Å². The van der Waals surface area contributed by atoms with Crippen molar-refractivity contribution >= 4 is 11.0 Å². The van der Waals surface area contributed by atoms with E-state index in [1.165, 1.54) is 24.8 Å². The number of nitrogens with one attached hydrogen (secondary N) is 1. The van der Waals surface area contributed by atoms with E-state index in [-0.39, 0.29) is 0 Å². The molecule has 1 fully saturated rings. The first-order valence-electron chi connectivity index (χ1n) is 7.26. The van der Waals surface area contributed by atoms with E-state index < -0.39 is 0 Å². The van der Waals surface area contributed by atoms with Gasteiger partial charge in [0.2, 0.25) is 0 Å². The minimum absolute atomic E-state index is 0.322. The SMILES string of the molecule is Oc1ccc2oc3c(c2c1)CCNC(CC1CC1)C3. The van der Waals surface area contributed by atoms with Crippen molar-refractivity contribution in [3.8, 4) is 5.75 Å². The van der Waals surface area contributed by atoms with Gasteiger partial charge in [-0.3, -0.25) is 0 Å². The zero-order chi connectivity index (χ0) is 12.8. The monoisotopic (exact) mass is 257 g/mol. The van der Waals surface area contributed by atoms with Gasteiger partial charge in [-0.05, 0) is 43.5 Å². The van der Waals surface area contributed by atoms with Crippen LogP contribution in [-0.2, 0) is 12.8 Å². The average molecular weight is 257 g/mol. The van der Waals surface area contributed by atoms with E-state index in [1.807, 2.05) is 12.1 Å². The molecule has 1 aliphatic carbocycles. The minimum atomic E-state index is 0.322. The summed E-state index contributed by atoms with van der Waals surface area (Å²) in [5.74, 6) is 2.38. The molecule has 19 heavy (non-hydrogen) atoms. The van der Waals surface area contributed by atoms with Crippen molar-refractivity contribution in [1.82, 2.24) is 5.32 Å². The molecule has 1 aromatic carbocycles. The van der Waals surface area contributed by atoms with Crippen LogP contribution >= 0.6 is 0 Å². The number of phenols is 1. The Balaban J connectivity index is 1.70. The van der Waals surface area contributed by atoms with Crippen LogP contribution in [-0.4, -0.2) is 17.7 Å². The standard InChI is InChI=1S/C16H19NO2/c18-12-3-4-15-14(9-12)13-5-6-17-11(7-10-1-2-10)8-16(13)19-15/h3-4,9-11,17-18H,1-2,5-8H2. The second-order valence-corrected chi connectivity index (χ2v) is 5.97. The molecular formula is C16H19NO2. The van der Waals surface area contributed by atoms with Gasteiger partial charge < -0.3 is 14.8 Å². The molecule has 0 saturated heterocycles. The van der Waals surface area contributed by atoms with E-state index >= 15 is 0 Å². The first kappa shape index (κ1) is 11.4. The Morgan fingerprint density at radius 1 is 1.32 bits per heavy atom. The van der Waals surface area contributed by atoms with E-state index in [9.17, 15) is 5.11 Å². The molecule has 2 aliphatic rings. The van der Waals surface area contributed by atoms with Crippen molar-refractivity contribution in [3.05, 3.63) is 29.5 Å². The maximum absolute atomic E-state index is 9.64. The molecule has 1 atom stereocenters. The summed E-state index contributed by atoms with van der Waals surface area (Å²) in [5, 5.41) is 14.4. The molecule has 0 spiro atoms. The van der Waals surface area contributed by atoms with Gasteiger partial charge in [0.05, 0.1) is 0 Å². The Kier molecular flexibility index (Phi) is 2.55. The molecule has 1 aliphatic heterocycles. The highest BCUT2D eigenvalue weighted by Gasteiger charge is 2.28. The fraction of sp³-hybridized carbons (Fsp3) is 0.500. The molecule has 0 amide bonds. The fourth-order valence-corrected chi connectivity index (χ4v) is 3.25. The molecule has 3 nitrogen and oxygen atoms in total. The Labute approximate surface area is 112 Å². The number of hydrogen-bond donors (Lipinski definition) is 2. The number of hydrogen-bond acceptors (Lipinski definition) is 3. The van der Waals surface area contributed by atoms with Gasteiger partial charge in [0, 0.05) is 23.4 Å². The van der Waals surface area contributed by atoms with Gasteiger partial charge in [-0.2, -0.15) is 0 Å². The van der Waals surface area contributed by atoms with Crippen LogP contribution < -0.4 is 5.32 Å².